The Morgan fingerprint density at radius 1 is 1.20 bits per heavy atom. The smallest absolute Gasteiger partial charge is 0.170 e. The van der Waals surface area contributed by atoms with E-state index in [-0.39, 0.29) is 11.1 Å². The molecule has 2 rings (SSSR count). The van der Waals surface area contributed by atoms with E-state index in [9.17, 15) is 13.9 Å². The van der Waals surface area contributed by atoms with Gasteiger partial charge in [0.1, 0.15) is 11.5 Å². The summed E-state index contributed by atoms with van der Waals surface area (Å²) in [5.41, 5.74) is 0. The number of halogens is 2. The van der Waals surface area contributed by atoms with Gasteiger partial charge in [-0.2, -0.15) is 0 Å². The molecule has 0 radical (unpaired) electrons. The van der Waals surface area contributed by atoms with Crippen molar-refractivity contribution in [1.82, 2.24) is 0 Å². The minimum absolute atomic E-state index is 0.129. The number of rotatable bonds is 1. The molecule has 0 saturated carbocycles. The Balaban J connectivity index is 2.85. The number of phenolic OH excluding ortho intramolecular Hbond substituents is 1. The Morgan fingerprint density at radius 2 is 1.93 bits per heavy atom. The zero-order chi connectivity index (χ0) is 11.0. The van der Waals surface area contributed by atoms with Crippen molar-refractivity contribution in [2.24, 2.45) is 0 Å². The monoisotopic (exact) mass is 210 g/mol. The first-order chi connectivity index (χ1) is 7.13. The molecule has 0 amide bonds. The van der Waals surface area contributed by atoms with Gasteiger partial charge in [-0.3, -0.25) is 0 Å². The Bertz CT molecular complexity index is 523. The van der Waals surface area contributed by atoms with E-state index in [2.05, 4.69) is 0 Å². The summed E-state index contributed by atoms with van der Waals surface area (Å²) >= 11 is 0. The van der Waals surface area contributed by atoms with E-state index in [0.717, 1.165) is 6.07 Å². The molecule has 0 aliphatic rings. The summed E-state index contributed by atoms with van der Waals surface area (Å²) in [5, 5.41) is 9.77. The van der Waals surface area contributed by atoms with Gasteiger partial charge in [-0.25, -0.2) is 8.78 Å². The first-order valence-electron chi connectivity index (χ1n) is 4.28. The van der Waals surface area contributed by atoms with Crippen LogP contribution in [-0.2, 0) is 0 Å². The standard InChI is InChI=1S/C11H8F2O2/c1-15-7-4-6-2-3-8(12)11(13)10(6)9(14)5-7/h2-5,14H,1H3. The first-order valence-corrected chi connectivity index (χ1v) is 4.28. The Kier molecular flexibility index (Phi) is 2.19. The van der Waals surface area contributed by atoms with Gasteiger partial charge in [-0.15, -0.1) is 0 Å². The summed E-state index contributed by atoms with van der Waals surface area (Å²) in [5.74, 6) is -1.97. The summed E-state index contributed by atoms with van der Waals surface area (Å²) in [4.78, 5) is 0. The lowest BCUT2D eigenvalue weighted by molar-refractivity contribution is 0.408. The molecule has 0 aromatic heterocycles. The van der Waals surface area contributed by atoms with Crippen molar-refractivity contribution in [2.45, 2.75) is 0 Å². The van der Waals surface area contributed by atoms with E-state index >= 15 is 0 Å². The van der Waals surface area contributed by atoms with Crippen LogP contribution in [0, 0.1) is 11.6 Å². The first kappa shape index (κ1) is 9.71. The van der Waals surface area contributed by atoms with Crippen molar-refractivity contribution in [1.29, 1.82) is 0 Å². The number of phenols is 1. The third-order valence-electron chi connectivity index (χ3n) is 2.20. The van der Waals surface area contributed by atoms with Crippen molar-refractivity contribution in [2.75, 3.05) is 7.11 Å². The van der Waals surface area contributed by atoms with Crippen molar-refractivity contribution < 1.29 is 18.6 Å². The van der Waals surface area contributed by atoms with Crippen molar-refractivity contribution in [3.63, 3.8) is 0 Å². The minimum Gasteiger partial charge on any atom is -0.507 e. The molecule has 0 aliphatic carbocycles. The Morgan fingerprint density at radius 3 is 2.60 bits per heavy atom. The lowest BCUT2D eigenvalue weighted by Gasteiger charge is -2.06. The summed E-state index contributed by atoms with van der Waals surface area (Å²) in [6, 6.07) is 5.16. The molecule has 78 valence electrons. The molecule has 0 unspecified atom stereocenters. The number of hydrogen-bond donors (Lipinski definition) is 1. The van der Waals surface area contributed by atoms with Gasteiger partial charge in [0.2, 0.25) is 0 Å². The van der Waals surface area contributed by atoms with Crippen LogP contribution in [0.15, 0.2) is 24.3 Å². The summed E-state index contributed by atoms with van der Waals surface area (Å²) < 4.78 is 31.1. The van der Waals surface area contributed by atoms with Gasteiger partial charge in [0.05, 0.1) is 12.5 Å². The van der Waals surface area contributed by atoms with Crippen LogP contribution in [0.3, 0.4) is 0 Å². The fraction of sp³-hybridized carbons (Fsp3) is 0.0909. The fourth-order valence-corrected chi connectivity index (χ4v) is 1.47. The second kappa shape index (κ2) is 3.38. The molecule has 0 aliphatic heterocycles. The fourth-order valence-electron chi connectivity index (χ4n) is 1.47. The second-order valence-corrected chi connectivity index (χ2v) is 3.11. The van der Waals surface area contributed by atoms with Crippen molar-refractivity contribution >= 4 is 10.8 Å². The van der Waals surface area contributed by atoms with Gasteiger partial charge in [-0.1, -0.05) is 6.07 Å². The highest BCUT2D eigenvalue weighted by Crippen LogP contribution is 2.32. The maximum atomic E-state index is 13.3. The van der Waals surface area contributed by atoms with E-state index in [1.54, 1.807) is 0 Å². The molecule has 2 aromatic rings. The molecule has 0 fully saturated rings. The van der Waals surface area contributed by atoms with E-state index < -0.39 is 11.6 Å². The molecule has 1 N–H and O–H groups in total. The average molecular weight is 210 g/mol. The quantitative estimate of drug-likeness (QED) is 0.784. The van der Waals surface area contributed by atoms with Gasteiger partial charge in [0.15, 0.2) is 11.6 Å². The molecule has 0 saturated heterocycles. The average Bonchev–Trinajstić information content (AvgIpc) is 2.23. The van der Waals surface area contributed by atoms with Crippen LogP contribution in [0.25, 0.3) is 10.8 Å². The molecule has 2 nitrogen and oxygen atoms in total. The lowest BCUT2D eigenvalue weighted by Crippen LogP contribution is -1.89. The number of hydrogen-bond acceptors (Lipinski definition) is 2. The second-order valence-electron chi connectivity index (χ2n) is 3.11. The SMILES string of the molecule is COc1cc(O)c2c(F)c(F)ccc2c1. The molecule has 0 atom stereocenters. The van der Waals surface area contributed by atoms with Crippen LogP contribution in [0.1, 0.15) is 0 Å². The summed E-state index contributed by atoms with van der Waals surface area (Å²) in [6.07, 6.45) is 0. The van der Waals surface area contributed by atoms with Gasteiger partial charge < -0.3 is 9.84 Å². The van der Waals surface area contributed by atoms with E-state index in [1.807, 2.05) is 0 Å². The third kappa shape index (κ3) is 1.48. The molecular weight excluding hydrogens is 202 g/mol. The third-order valence-corrected chi connectivity index (χ3v) is 2.20. The normalized spacial score (nSPS) is 10.6. The number of benzene rings is 2. The van der Waals surface area contributed by atoms with Crippen molar-refractivity contribution in [3.05, 3.63) is 35.9 Å². The predicted octanol–water partition coefficient (Wildman–Crippen LogP) is 2.83. The number of aromatic hydroxyl groups is 1. The number of methoxy groups -OCH3 is 1. The van der Waals surface area contributed by atoms with Gasteiger partial charge in [0.25, 0.3) is 0 Å². The predicted molar refractivity (Wildman–Crippen MR) is 52.1 cm³/mol. The van der Waals surface area contributed by atoms with Crippen LogP contribution in [0.4, 0.5) is 8.78 Å². The van der Waals surface area contributed by atoms with Crippen LogP contribution < -0.4 is 4.74 Å². The number of fused-ring (bicyclic) bond motifs is 1. The van der Waals surface area contributed by atoms with Gasteiger partial charge in [-0.05, 0) is 17.5 Å². The van der Waals surface area contributed by atoms with Crippen LogP contribution >= 0.6 is 0 Å². The van der Waals surface area contributed by atoms with Gasteiger partial charge in [0, 0.05) is 6.07 Å². The molecular formula is C11H8F2O2. The Hall–Kier alpha value is -1.84. The van der Waals surface area contributed by atoms with Crippen LogP contribution in [0.2, 0.25) is 0 Å². The topological polar surface area (TPSA) is 29.5 Å². The highest BCUT2D eigenvalue weighted by Gasteiger charge is 2.12. The maximum absolute atomic E-state index is 13.3. The molecule has 0 heterocycles. The molecule has 2 aromatic carbocycles. The van der Waals surface area contributed by atoms with E-state index in [1.165, 1.54) is 25.3 Å². The largest absolute Gasteiger partial charge is 0.507 e. The number of ether oxygens (including phenoxy) is 1. The zero-order valence-electron chi connectivity index (χ0n) is 7.92. The van der Waals surface area contributed by atoms with Crippen molar-refractivity contribution in [3.8, 4) is 11.5 Å². The zero-order valence-corrected chi connectivity index (χ0v) is 7.92. The lowest BCUT2D eigenvalue weighted by atomic mass is 10.1. The molecule has 4 heteroatoms. The van der Waals surface area contributed by atoms with Gasteiger partial charge >= 0.3 is 0 Å². The van der Waals surface area contributed by atoms with E-state index in [4.69, 9.17) is 4.74 Å². The Labute approximate surface area is 84.7 Å². The molecule has 0 spiro atoms. The highest BCUT2D eigenvalue weighted by atomic mass is 19.2. The minimum atomic E-state index is -1.05. The van der Waals surface area contributed by atoms with Crippen LogP contribution in [-0.4, -0.2) is 12.2 Å². The van der Waals surface area contributed by atoms with E-state index in [0.29, 0.717) is 11.1 Å². The molecule has 15 heavy (non-hydrogen) atoms. The maximum Gasteiger partial charge on any atom is 0.170 e. The summed E-state index contributed by atoms with van der Waals surface area (Å²) in [7, 11) is 1.43. The summed E-state index contributed by atoms with van der Waals surface area (Å²) in [6.45, 7) is 0. The van der Waals surface area contributed by atoms with Crippen LogP contribution in [0.5, 0.6) is 11.5 Å². The highest BCUT2D eigenvalue weighted by molar-refractivity contribution is 5.90. The molecule has 0 bridgehead atoms.